The van der Waals surface area contributed by atoms with E-state index in [2.05, 4.69) is 5.32 Å². The van der Waals surface area contributed by atoms with Crippen LogP contribution in [0.15, 0.2) is 33.5 Å². The zero-order valence-corrected chi connectivity index (χ0v) is 13.9. The maximum atomic E-state index is 11.5. The molecule has 1 aromatic carbocycles. The number of nitrogens with one attached hydrogen (secondary N) is 1. The van der Waals surface area contributed by atoms with E-state index in [1.807, 2.05) is 0 Å². The second-order valence-corrected chi connectivity index (χ2v) is 5.74. The van der Waals surface area contributed by atoms with Crippen LogP contribution in [0.4, 0.5) is 5.69 Å². The number of fused-ring (bicyclic) bond motifs is 1. The van der Waals surface area contributed by atoms with Gasteiger partial charge in [0.1, 0.15) is 11.7 Å². The Balaban J connectivity index is 2.16. The Bertz CT molecular complexity index is 786. The Morgan fingerprint density at radius 2 is 2.00 bits per heavy atom. The van der Waals surface area contributed by atoms with Gasteiger partial charge in [0, 0.05) is 28.8 Å². The fourth-order valence-electron chi connectivity index (χ4n) is 2.32. The van der Waals surface area contributed by atoms with Crippen LogP contribution in [-0.4, -0.2) is 52.8 Å². The van der Waals surface area contributed by atoms with Gasteiger partial charge in [-0.15, -0.1) is 0 Å². The molecule has 25 heavy (non-hydrogen) atoms. The third kappa shape index (κ3) is 4.64. The molecule has 8 nitrogen and oxygen atoms in total. The van der Waals surface area contributed by atoms with Gasteiger partial charge in [0.2, 0.25) is 0 Å². The SMILES string of the molecule is CC(OC(CO)[C@@H](C)O)[C@@H](O)Nc1ccc2c(C=O)cc(=O)oc2c1. The Morgan fingerprint density at radius 3 is 2.60 bits per heavy atom. The monoisotopic (exact) mass is 351 g/mol. The summed E-state index contributed by atoms with van der Waals surface area (Å²) in [7, 11) is 0. The van der Waals surface area contributed by atoms with Gasteiger partial charge in [-0.2, -0.15) is 0 Å². The van der Waals surface area contributed by atoms with Crippen LogP contribution >= 0.6 is 0 Å². The fourth-order valence-corrected chi connectivity index (χ4v) is 2.32. The van der Waals surface area contributed by atoms with E-state index in [-0.39, 0.29) is 17.8 Å². The second kappa shape index (κ2) is 8.21. The highest BCUT2D eigenvalue weighted by Crippen LogP contribution is 2.21. The highest BCUT2D eigenvalue weighted by Gasteiger charge is 2.22. The molecule has 0 saturated carbocycles. The summed E-state index contributed by atoms with van der Waals surface area (Å²) in [5.74, 6) is 0. The molecule has 1 aromatic heterocycles. The average Bonchev–Trinajstić information content (AvgIpc) is 2.57. The number of carbonyl (C=O) groups excluding carboxylic acids is 1. The lowest BCUT2D eigenvalue weighted by atomic mass is 10.1. The molecule has 0 aliphatic carbocycles. The number of aliphatic hydroxyl groups excluding tert-OH is 3. The molecular formula is C17H21NO7. The van der Waals surface area contributed by atoms with Crippen molar-refractivity contribution in [2.75, 3.05) is 11.9 Å². The van der Waals surface area contributed by atoms with Crippen LogP contribution in [0.2, 0.25) is 0 Å². The molecule has 0 aliphatic heterocycles. The standard InChI is InChI=1S/C17H21NO7/c1-9(21)15(8-20)24-10(2)17(23)18-12-3-4-13-11(7-19)5-16(22)25-14(13)6-12/h3-7,9-10,15,17-18,20-21,23H,8H2,1-2H3/t9-,10?,15?,17-/m1/s1. The zero-order valence-electron chi connectivity index (χ0n) is 13.9. The van der Waals surface area contributed by atoms with Crippen molar-refractivity contribution >= 4 is 22.9 Å². The first kappa shape index (κ1) is 19.1. The summed E-state index contributed by atoms with van der Waals surface area (Å²) in [6.45, 7) is 2.67. The molecule has 2 rings (SSSR count). The summed E-state index contributed by atoms with van der Waals surface area (Å²) in [6, 6.07) is 5.80. The van der Waals surface area contributed by atoms with E-state index in [4.69, 9.17) is 14.3 Å². The first-order chi connectivity index (χ1) is 11.8. The maximum absolute atomic E-state index is 11.5. The molecule has 2 unspecified atom stereocenters. The molecule has 0 aliphatic rings. The van der Waals surface area contributed by atoms with Crippen LogP contribution in [0.5, 0.6) is 0 Å². The van der Waals surface area contributed by atoms with E-state index in [0.717, 1.165) is 6.07 Å². The summed E-state index contributed by atoms with van der Waals surface area (Å²) in [5, 5.41) is 32.1. The van der Waals surface area contributed by atoms with Crippen LogP contribution in [0.3, 0.4) is 0 Å². The fraction of sp³-hybridized carbons (Fsp3) is 0.412. The minimum atomic E-state index is -1.15. The van der Waals surface area contributed by atoms with Gasteiger partial charge in [-0.25, -0.2) is 4.79 Å². The van der Waals surface area contributed by atoms with E-state index in [1.165, 1.54) is 13.0 Å². The summed E-state index contributed by atoms with van der Waals surface area (Å²) < 4.78 is 10.5. The van der Waals surface area contributed by atoms with E-state index < -0.39 is 30.2 Å². The molecule has 0 radical (unpaired) electrons. The van der Waals surface area contributed by atoms with Crippen molar-refractivity contribution in [1.29, 1.82) is 0 Å². The number of benzene rings is 1. The van der Waals surface area contributed by atoms with Crippen molar-refractivity contribution in [3.63, 3.8) is 0 Å². The predicted octanol–water partition coefficient (Wildman–Crippen LogP) is 0.483. The molecule has 0 amide bonds. The topological polar surface area (TPSA) is 129 Å². The number of rotatable bonds is 8. The molecule has 136 valence electrons. The minimum absolute atomic E-state index is 0.206. The van der Waals surface area contributed by atoms with Crippen molar-refractivity contribution < 1.29 is 29.3 Å². The lowest BCUT2D eigenvalue weighted by molar-refractivity contribution is -0.114. The molecule has 2 aromatic rings. The average molecular weight is 351 g/mol. The van der Waals surface area contributed by atoms with E-state index in [1.54, 1.807) is 19.1 Å². The first-order valence-electron chi connectivity index (χ1n) is 7.77. The van der Waals surface area contributed by atoms with Gasteiger partial charge in [-0.3, -0.25) is 4.79 Å². The van der Waals surface area contributed by atoms with E-state index >= 15 is 0 Å². The molecule has 4 N–H and O–H groups in total. The highest BCUT2D eigenvalue weighted by atomic mass is 16.5. The minimum Gasteiger partial charge on any atom is -0.423 e. The summed E-state index contributed by atoms with van der Waals surface area (Å²) in [4.78, 5) is 22.5. The number of ether oxygens (including phenoxy) is 1. The van der Waals surface area contributed by atoms with Gasteiger partial charge in [-0.05, 0) is 26.0 Å². The molecule has 0 saturated heterocycles. The third-order valence-corrected chi connectivity index (χ3v) is 3.77. The largest absolute Gasteiger partial charge is 0.423 e. The highest BCUT2D eigenvalue weighted by molar-refractivity contribution is 5.96. The van der Waals surface area contributed by atoms with Crippen LogP contribution in [-0.2, 0) is 4.74 Å². The van der Waals surface area contributed by atoms with Crippen LogP contribution in [0.25, 0.3) is 11.0 Å². The Morgan fingerprint density at radius 1 is 1.28 bits per heavy atom. The number of anilines is 1. The number of hydrogen-bond acceptors (Lipinski definition) is 8. The van der Waals surface area contributed by atoms with Crippen molar-refractivity contribution in [3.8, 4) is 0 Å². The van der Waals surface area contributed by atoms with Gasteiger partial charge in [0.15, 0.2) is 12.5 Å². The molecule has 8 heteroatoms. The van der Waals surface area contributed by atoms with Crippen molar-refractivity contribution in [2.45, 2.75) is 38.4 Å². The molecular weight excluding hydrogens is 330 g/mol. The van der Waals surface area contributed by atoms with Gasteiger partial charge in [-0.1, -0.05) is 0 Å². The van der Waals surface area contributed by atoms with E-state index in [0.29, 0.717) is 17.4 Å². The Kier molecular flexibility index (Phi) is 6.27. The van der Waals surface area contributed by atoms with Crippen molar-refractivity contribution in [1.82, 2.24) is 0 Å². The molecule has 0 spiro atoms. The smallest absolute Gasteiger partial charge is 0.336 e. The Hall–Kier alpha value is -2.26. The van der Waals surface area contributed by atoms with Crippen LogP contribution in [0.1, 0.15) is 24.2 Å². The number of hydrogen-bond donors (Lipinski definition) is 4. The van der Waals surface area contributed by atoms with Gasteiger partial charge < -0.3 is 29.8 Å². The lowest BCUT2D eigenvalue weighted by Gasteiger charge is -2.27. The Labute approximate surface area is 143 Å². The molecule has 0 bridgehead atoms. The van der Waals surface area contributed by atoms with Gasteiger partial charge >= 0.3 is 5.63 Å². The third-order valence-electron chi connectivity index (χ3n) is 3.77. The molecule has 4 atom stereocenters. The van der Waals surface area contributed by atoms with Crippen molar-refractivity contribution in [3.05, 3.63) is 40.2 Å². The van der Waals surface area contributed by atoms with Crippen LogP contribution in [0, 0.1) is 0 Å². The molecule has 1 heterocycles. The number of carbonyl (C=O) groups is 1. The van der Waals surface area contributed by atoms with Crippen molar-refractivity contribution in [2.24, 2.45) is 0 Å². The normalized spacial score (nSPS) is 16.2. The summed E-state index contributed by atoms with van der Waals surface area (Å²) in [5.41, 5.74) is 0.223. The van der Waals surface area contributed by atoms with E-state index in [9.17, 15) is 19.8 Å². The lowest BCUT2D eigenvalue weighted by Crippen LogP contribution is -2.40. The summed E-state index contributed by atoms with van der Waals surface area (Å²) in [6.07, 6.45) is -3.03. The van der Waals surface area contributed by atoms with Crippen LogP contribution < -0.4 is 10.9 Å². The van der Waals surface area contributed by atoms with Gasteiger partial charge in [0.25, 0.3) is 0 Å². The summed E-state index contributed by atoms with van der Waals surface area (Å²) >= 11 is 0. The zero-order chi connectivity index (χ0) is 18.6. The molecule has 0 fully saturated rings. The quantitative estimate of drug-likeness (QED) is 0.307. The first-order valence-corrected chi connectivity index (χ1v) is 7.77. The second-order valence-electron chi connectivity index (χ2n) is 5.74. The number of aldehydes is 1. The van der Waals surface area contributed by atoms with Gasteiger partial charge in [0.05, 0.1) is 18.8 Å². The maximum Gasteiger partial charge on any atom is 0.336 e. The predicted molar refractivity (Wildman–Crippen MR) is 90.6 cm³/mol. The number of aliphatic hydroxyl groups is 3.